The number of aliphatic hydroxyl groups excluding tert-OH is 2. The highest BCUT2D eigenvalue weighted by Crippen LogP contribution is 2.35. The number of carbonyl (C=O) groups is 14. The van der Waals surface area contributed by atoms with Gasteiger partial charge in [-0.2, -0.15) is 18.3 Å². The van der Waals surface area contributed by atoms with Crippen LogP contribution in [0.5, 0.6) is 0 Å². The fourth-order valence-electron chi connectivity index (χ4n) is 13.9. The fourth-order valence-corrected chi connectivity index (χ4v) is 14.1. The number of hydrogen-bond donors (Lipinski definition) is 11. The number of aliphatic hydroxyl groups is 2. The predicted molar refractivity (Wildman–Crippen MR) is 458 cm³/mol. The molecule has 37 heteroatoms. The van der Waals surface area contributed by atoms with Crippen molar-refractivity contribution >= 4 is 106 Å². The molecule has 3 rings (SSSR count). The van der Waals surface area contributed by atoms with Crippen LogP contribution >= 0.6 is 11.6 Å². The number of halogens is 4. The van der Waals surface area contributed by atoms with Gasteiger partial charge in [-0.15, -0.1) is 0 Å². The summed E-state index contributed by atoms with van der Waals surface area (Å²) < 4.78 is 44.1. The molecule has 14 amide bonds. The molecule has 0 saturated heterocycles. The van der Waals surface area contributed by atoms with Crippen molar-refractivity contribution in [3.05, 3.63) is 83.2 Å². The highest BCUT2D eigenvalue weighted by atomic mass is 35.5. The van der Waals surface area contributed by atoms with Crippen molar-refractivity contribution in [2.75, 3.05) is 79.6 Å². The van der Waals surface area contributed by atoms with E-state index in [1.54, 1.807) is 34.7 Å². The lowest BCUT2D eigenvalue weighted by Gasteiger charge is -2.40. The van der Waals surface area contributed by atoms with Gasteiger partial charge < -0.3 is 82.6 Å². The van der Waals surface area contributed by atoms with E-state index in [9.17, 15) is 90.5 Å². The number of likely N-dealkylation sites (N-methyl/N-ethyl adjacent to an activating group) is 7. The maximum atomic E-state index is 14.7. The van der Waals surface area contributed by atoms with Gasteiger partial charge in [0.05, 0.1) is 48.6 Å². The summed E-state index contributed by atoms with van der Waals surface area (Å²) in [6, 6.07) is -0.935. The van der Waals surface area contributed by atoms with Crippen LogP contribution in [0.1, 0.15) is 195 Å². The molecule has 1 heterocycles. The minimum absolute atomic E-state index is 0.00290. The van der Waals surface area contributed by atoms with Crippen LogP contribution in [-0.4, -0.2) is 268 Å². The quantitative estimate of drug-likeness (QED) is 0.0167. The maximum absolute atomic E-state index is 14.7. The Labute approximate surface area is 720 Å². The van der Waals surface area contributed by atoms with Gasteiger partial charge >= 0.3 is 6.18 Å². The molecular weight excluding hydrogens is 1610 g/mol. The number of rotatable bonds is 48. The zero-order valence-electron chi connectivity index (χ0n) is 75.0. The first-order valence-corrected chi connectivity index (χ1v) is 41.8. The van der Waals surface area contributed by atoms with Gasteiger partial charge in [-0.3, -0.25) is 72.0 Å². The number of nitrogens with one attached hydrogen (secondary N) is 9. The van der Waals surface area contributed by atoms with Crippen molar-refractivity contribution in [3.8, 4) is 5.69 Å². The molecule has 2 aromatic carbocycles. The van der Waals surface area contributed by atoms with Gasteiger partial charge in [0, 0.05) is 83.8 Å². The second-order valence-corrected chi connectivity index (χ2v) is 34.2. The number of aromatic nitrogens is 2. The molecular formula is C85H133ClF3N17O16. The number of benzene rings is 2. The molecule has 1 aromatic heterocycles. The summed E-state index contributed by atoms with van der Waals surface area (Å²) in [7, 11) is 10.3. The summed E-state index contributed by atoms with van der Waals surface area (Å²) in [5.41, 5.74) is -2.22. The van der Waals surface area contributed by atoms with E-state index in [0.717, 1.165) is 17.2 Å². The summed E-state index contributed by atoms with van der Waals surface area (Å²) in [4.78, 5) is 199. The van der Waals surface area contributed by atoms with E-state index in [1.165, 1.54) is 123 Å². The first-order chi connectivity index (χ1) is 56.7. The normalized spacial score (nSPS) is 14.6. The molecule has 12 atom stereocenters. The molecule has 1 unspecified atom stereocenters. The SMILES string of the molecule is C=CC(=O)Nc1cc(Cl)cc(NC(=O)c2cnn(-c3ccc(C(=O)NCCNC(=O)CCC[C@@H](C)[C@@H](O)CC(=O)N[C@@H](CC)C(=O)N(C)CC(=O)N(C)[C@@H](CC(C)C)C(=O)N[C@H](C(=O)N(C)[C@@H](CC(C)C)C(=O)N[C@@H](C)C(=O)N[C@H](C)C(O)N(C)[C@@H](CC(C)C)C(=O)N(C)[C@@H](CC(C)C)C(=O)N(C)[C@H](C(=O)NC)C(C)C)C(C)C)cc3)c2C(F)(F)F)c1. The molecule has 0 bridgehead atoms. The van der Waals surface area contributed by atoms with Crippen LogP contribution in [0.25, 0.3) is 5.69 Å². The Morgan fingerprint density at radius 2 is 1.10 bits per heavy atom. The van der Waals surface area contributed by atoms with Crippen molar-refractivity contribution in [2.45, 2.75) is 241 Å². The molecule has 0 aliphatic heterocycles. The monoisotopic (exact) mass is 1740 g/mol. The first-order valence-electron chi connectivity index (χ1n) is 41.4. The van der Waals surface area contributed by atoms with E-state index in [0.29, 0.717) is 17.5 Å². The highest BCUT2D eigenvalue weighted by molar-refractivity contribution is 6.31. The van der Waals surface area contributed by atoms with Crippen LogP contribution in [0.15, 0.2) is 61.3 Å². The van der Waals surface area contributed by atoms with E-state index >= 15 is 0 Å². The van der Waals surface area contributed by atoms with Crippen LogP contribution in [0.4, 0.5) is 24.5 Å². The van der Waals surface area contributed by atoms with Crippen molar-refractivity contribution in [1.29, 1.82) is 0 Å². The minimum atomic E-state index is -5.08. The lowest BCUT2D eigenvalue weighted by atomic mass is 9.95. The Morgan fingerprint density at radius 3 is 1.62 bits per heavy atom. The van der Waals surface area contributed by atoms with Crippen molar-refractivity contribution in [3.63, 3.8) is 0 Å². The van der Waals surface area contributed by atoms with Gasteiger partial charge in [-0.25, -0.2) is 4.68 Å². The molecule has 0 radical (unpaired) electrons. The standard InChI is InChI=1S/C85H133ClF3N17O16/c1-25-61(98-69(110)43-66(107)52(15)28-27-29-68(109)91-34-35-92-75(113)55-30-32-59(33-31-55)106-73(85(87,88)89)60(44-93-106)76(114)97-58-41-56(86)40-57(42-58)96-67(108)26-2)81(119)100(19)45-70(111)101(20)62(36-46(3)4)78(116)99-71(50(11)12)84(122)102(21)63(37-47(5)6)77(115)94-53(16)74(112)95-54(17)80(118)103(22)64(38-48(7)8)82(120)104(23)65(39-49(9)10)83(121)105(24)72(51(13)14)79(117)90-18/h26,30-33,40-42,44,46-54,61-66,71-72,80,107,118H,2,25,27-29,34-39,43,45H2,1,3-24H3,(H,90,117)(H,91,109)(H,92,113)(H,94,115)(H,95,112)(H,96,108)(H,97,114)(H,98,110)(H,99,116)/t52-,53+,54-,61+,62+,63+,64+,65+,66+,71+,72+,80?/m1/s1. The van der Waals surface area contributed by atoms with E-state index in [4.69, 9.17) is 11.6 Å². The Hall–Kier alpha value is -10.1. The number of nitrogens with zero attached hydrogens (tertiary/aromatic N) is 8. The molecule has 11 N–H and O–H groups in total. The number of anilines is 2. The fraction of sp³-hybridized carbons (Fsp3) is 0.635. The lowest BCUT2D eigenvalue weighted by Crippen LogP contribution is -2.61. The number of hydrogen-bond acceptors (Lipinski definition) is 18. The summed E-state index contributed by atoms with van der Waals surface area (Å²) in [6.07, 6.45) is -4.93. The summed E-state index contributed by atoms with van der Waals surface area (Å²) in [5.74, 6) is -10.5. The molecule has 0 saturated carbocycles. The molecule has 0 aliphatic carbocycles. The van der Waals surface area contributed by atoms with Crippen LogP contribution < -0.4 is 47.9 Å². The summed E-state index contributed by atoms with van der Waals surface area (Å²) in [5, 5.41) is 50.4. The predicted octanol–water partition coefficient (Wildman–Crippen LogP) is 6.34. The molecule has 0 spiro atoms. The summed E-state index contributed by atoms with van der Waals surface area (Å²) >= 11 is 6.11. The number of carbonyl (C=O) groups excluding carboxylic acids is 14. The molecule has 0 fully saturated rings. The van der Waals surface area contributed by atoms with Gasteiger partial charge in [-0.1, -0.05) is 115 Å². The molecule has 0 aliphatic rings. The van der Waals surface area contributed by atoms with Crippen molar-refractivity contribution < 1.29 is 90.5 Å². The van der Waals surface area contributed by atoms with Crippen molar-refractivity contribution in [2.24, 2.45) is 41.4 Å². The van der Waals surface area contributed by atoms with E-state index in [1.807, 2.05) is 69.2 Å². The third-order valence-electron chi connectivity index (χ3n) is 21.0. The van der Waals surface area contributed by atoms with Gasteiger partial charge in [0.15, 0.2) is 5.69 Å². The second kappa shape index (κ2) is 49.3. The van der Waals surface area contributed by atoms with E-state index < -0.39 is 180 Å². The Balaban J connectivity index is 1.59. The molecule has 3 aromatic rings. The third-order valence-corrected chi connectivity index (χ3v) is 21.2. The Kier molecular flexibility index (Phi) is 42.9. The second-order valence-electron chi connectivity index (χ2n) is 33.8. The van der Waals surface area contributed by atoms with Crippen molar-refractivity contribution in [1.82, 2.24) is 76.4 Å². The maximum Gasteiger partial charge on any atom is 0.434 e. The minimum Gasteiger partial charge on any atom is -0.392 e. The van der Waals surface area contributed by atoms with Crippen LogP contribution in [-0.2, 0) is 63.7 Å². The van der Waals surface area contributed by atoms with Gasteiger partial charge in [0.25, 0.3) is 11.8 Å². The van der Waals surface area contributed by atoms with E-state index in [2.05, 4.69) is 59.5 Å². The molecule has 33 nitrogen and oxygen atoms in total. The largest absolute Gasteiger partial charge is 0.434 e. The zero-order valence-corrected chi connectivity index (χ0v) is 75.7. The molecule has 122 heavy (non-hydrogen) atoms. The van der Waals surface area contributed by atoms with Gasteiger partial charge in [0.1, 0.15) is 48.5 Å². The molecule has 682 valence electrons. The van der Waals surface area contributed by atoms with Gasteiger partial charge in [0.2, 0.25) is 70.9 Å². The Bertz CT molecular complexity index is 4090. The van der Waals surface area contributed by atoms with Crippen LogP contribution in [0, 0.1) is 41.4 Å². The first kappa shape index (κ1) is 106. The smallest absolute Gasteiger partial charge is 0.392 e. The van der Waals surface area contributed by atoms with Gasteiger partial charge in [-0.05, 0) is 156 Å². The zero-order chi connectivity index (χ0) is 93.0. The average molecular weight is 1740 g/mol. The lowest BCUT2D eigenvalue weighted by molar-refractivity contribution is -0.153. The van der Waals surface area contributed by atoms with Crippen LogP contribution in [0.2, 0.25) is 5.02 Å². The third kappa shape index (κ3) is 32.0. The topological polar surface area (TPSA) is 425 Å². The average Bonchev–Trinajstić information content (AvgIpc) is 1.61. The number of amides is 14. The highest BCUT2D eigenvalue weighted by Gasteiger charge is 2.44. The van der Waals surface area contributed by atoms with E-state index in [-0.39, 0.29) is 121 Å². The Morgan fingerprint density at radius 1 is 0.582 bits per heavy atom. The van der Waals surface area contributed by atoms with Crippen LogP contribution in [0.3, 0.4) is 0 Å². The number of alkyl halides is 3. The summed E-state index contributed by atoms with van der Waals surface area (Å²) in [6.45, 7) is 31.1.